The maximum absolute atomic E-state index is 11.7. The van der Waals surface area contributed by atoms with Crippen LogP contribution in [-0.4, -0.2) is 12.1 Å². The van der Waals surface area contributed by atoms with E-state index in [0.29, 0.717) is 22.6 Å². The SMILES string of the molecule is O=c1cc(C#CCCCCCCBr)c2cc3c(cc2o1)OCO3. The standard InChI is InChI=1S/C18H17BrO4/c19-8-6-4-2-1-3-5-7-13-9-18(20)23-15-11-17-16(10-14(13)15)21-12-22-17/h9-11H,1-4,6,8,12H2. The maximum Gasteiger partial charge on any atom is 0.337 e. The summed E-state index contributed by atoms with van der Waals surface area (Å²) in [6.07, 6.45) is 5.50. The predicted molar refractivity (Wildman–Crippen MR) is 92.4 cm³/mol. The average Bonchev–Trinajstić information content (AvgIpc) is 2.99. The fourth-order valence-corrected chi connectivity index (χ4v) is 2.87. The minimum Gasteiger partial charge on any atom is -0.454 e. The molecule has 0 saturated heterocycles. The number of hydrogen-bond acceptors (Lipinski definition) is 4. The summed E-state index contributed by atoms with van der Waals surface area (Å²) in [5.74, 6) is 7.50. The highest BCUT2D eigenvalue weighted by molar-refractivity contribution is 9.09. The van der Waals surface area contributed by atoms with Crippen LogP contribution in [0.15, 0.2) is 27.4 Å². The third-order valence-electron chi connectivity index (χ3n) is 3.65. The first-order valence-corrected chi connectivity index (χ1v) is 8.82. The van der Waals surface area contributed by atoms with E-state index in [1.165, 1.54) is 25.3 Å². The average molecular weight is 377 g/mol. The molecule has 4 nitrogen and oxygen atoms in total. The van der Waals surface area contributed by atoms with Gasteiger partial charge in [0.25, 0.3) is 0 Å². The number of alkyl halides is 1. The van der Waals surface area contributed by atoms with Crippen molar-refractivity contribution in [2.75, 3.05) is 12.1 Å². The molecule has 0 spiro atoms. The van der Waals surface area contributed by atoms with Crippen molar-refractivity contribution in [1.82, 2.24) is 0 Å². The van der Waals surface area contributed by atoms with Crippen LogP contribution in [0.2, 0.25) is 0 Å². The molecule has 0 aliphatic carbocycles. The largest absolute Gasteiger partial charge is 0.454 e. The molecular formula is C18H17BrO4. The highest BCUT2D eigenvalue weighted by Gasteiger charge is 2.16. The van der Waals surface area contributed by atoms with Gasteiger partial charge in [0.1, 0.15) is 5.58 Å². The Hall–Kier alpha value is -1.93. The number of hydrogen-bond donors (Lipinski definition) is 0. The van der Waals surface area contributed by atoms with Gasteiger partial charge in [0.2, 0.25) is 6.79 Å². The van der Waals surface area contributed by atoms with Crippen molar-refractivity contribution in [2.24, 2.45) is 0 Å². The minimum atomic E-state index is -0.405. The van der Waals surface area contributed by atoms with Crippen molar-refractivity contribution < 1.29 is 13.9 Å². The van der Waals surface area contributed by atoms with Gasteiger partial charge in [-0.05, 0) is 18.9 Å². The Morgan fingerprint density at radius 2 is 1.83 bits per heavy atom. The highest BCUT2D eigenvalue weighted by Crippen LogP contribution is 2.36. The van der Waals surface area contributed by atoms with Crippen molar-refractivity contribution in [2.45, 2.75) is 32.1 Å². The van der Waals surface area contributed by atoms with Gasteiger partial charge in [-0.2, -0.15) is 0 Å². The number of benzene rings is 1. The van der Waals surface area contributed by atoms with E-state index < -0.39 is 5.63 Å². The van der Waals surface area contributed by atoms with Gasteiger partial charge in [-0.3, -0.25) is 0 Å². The zero-order valence-corrected chi connectivity index (χ0v) is 14.3. The van der Waals surface area contributed by atoms with Gasteiger partial charge >= 0.3 is 5.63 Å². The van der Waals surface area contributed by atoms with Crippen LogP contribution in [0, 0.1) is 11.8 Å². The lowest BCUT2D eigenvalue weighted by Gasteiger charge is -2.01. The summed E-state index contributed by atoms with van der Waals surface area (Å²) in [6, 6.07) is 4.94. The van der Waals surface area contributed by atoms with Gasteiger partial charge in [-0.25, -0.2) is 4.79 Å². The van der Waals surface area contributed by atoms with E-state index in [0.717, 1.165) is 23.6 Å². The van der Waals surface area contributed by atoms with Crippen molar-refractivity contribution in [1.29, 1.82) is 0 Å². The third-order valence-corrected chi connectivity index (χ3v) is 4.21. The van der Waals surface area contributed by atoms with E-state index in [2.05, 4.69) is 27.8 Å². The molecule has 3 rings (SSSR count). The van der Waals surface area contributed by atoms with Gasteiger partial charge in [-0.1, -0.05) is 40.6 Å². The Morgan fingerprint density at radius 1 is 1.04 bits per heavy atom. The van der Waals surface area contributed by atoms with Crippen molar-refractivity contribution in [3.8, 4) is 23.3 Å². The van der Waals surface area contributed by atoms with Gasteiger partial charge in [0.15, 0.2) is 11.5 Å². The summed E-state index contributed by atoms with van der Waals surface area (Å²) in [4.78, 5) is 11.7. The van der Waals surface area contributed by atoms with E-state index in [4.69, 9.17) is 13.9 Å². The molecule has 0 amide bonds. The quantitative estimate of drug-likeness (QED) is 0.339. The molecule has 0 unspecified atom stereocenters. The number of halogens is 1. The normalized spacial score (nSPS) is 12.2. The van der Waals surface area contributed by atoms with E-state index in [-0.39, 0.29) is 6.79 Å². The zero-order chi connectivity index (χ0) is 16.1. The molecule has 0 saturated carbocycles. The topological polar surface area (TPSA) is 48.7 Å². The van der Waals surface area contributed by atoms with Crippen LogP contribution < -0.4 is 15.1 Å². The number of ether oxygens (including phenoxy) is 2. The van der Waals surface area contributed by atoms with E-state index in [9.17, 15) is 4.79 Å². The molecule has 23 heavy (non-hydrogen) atoms. The fraction of sp³-hybridized carbons (Fsp3) is 0.389. The Bertz CT molecular complexity index is 813. The molecule has 5 heteroatoms. The summed E-state index contributed by atoms with van der Waals surface area (Å²) < 4.78 is 15.9. The number of unbranched alkanes of at least 4 members (excludes halogenated alkanes) is 4. The monoisotopic (exact) mass is 376 g/mol. The van der Waals surface area contributed by atoms with Crippen LogP contribution >= 0.6 is 15.9 Å². The van der Waals surface area contributed by atoms with Crippen LogP contribution in [0.4, 0.5) is 0 Å². The lowest BCUT2D eigenvalue weighted by atomic mass is 10.1. The minimum absolute atomic E-state index is 0.186. The Kier molecular flexibility index (Phi) is 5.24. The molecule has 1 aliphatic rings. The van der Waals surface area contributed by atoms with Crippen LogP contribution in [0.25, 0.3) is 11.0 Å². The zero-order valence-electron chi connectivity index (χ0n) is 12.7. The molecule has 2 heterocycles. The highest BCUT2D eigenvalue weighted by atomic mass is 79.9. The molecule has 0 N–H and O–H groups in total. The first kappa shape index (κ1) is 15.9. The summed E-state index contributed by atoms with van der Waals surface area (Å²) in [5.41, 5.74) is 0.747. The molecule has 0 fully saturated rings. The van der Waals surface area contributed by atoms with Crippen molar-refractivity contribution >= 4 is 26.9 Å². The molecule has 0 radical (unpaired) electrons. The first-order chi connectivity index (χ1) is 11.3. The molecule has 1 aliphatic heterocycles. The second-order valence-electron chi connectivity index (χ2n) is 5.34. The lowest BCUT2D eigenvalue weighted by Crippen LogP contribution is -1.98. The molecule has 2 aromatic rings. The molecule has 0 atom stereocenters. The van der Waals surface area contributed by atoms with Crippen LogP contribution in [-0.2, 0) is 0 Å². The summed E-state index contributed by atoms with van der Waals surface area (Å²) in [6.45, 7) is 0.186. The first-order valence-electron chi connectivity index (χ1n) is 7.70. The molecule has 1 aromatic heterocycles. The second-order valence-corrected chi connectivity index (χ2v) is 6.13. The van der Waals surface area contributed by atoms with Gasteiger partial charge in [0.05, 0.1) is 0 Å². The predicted octanol–water partition coefficient (Wildman–Crippen LogP) is 4.22. The molecule has 0 bridgehead atoms. The lowest BCUT2D eigenvalue weighted by molar-refractivity contribution is 0.174. The van der Waals surface area contributed by atoms with Crippen LogP contribution in [0.1, 0.15) is 37.7 Å². The summed E-state index contributed by atoms with van der Waals surface area (Å²) in [5, 5.41) is 1.83. The molecule has 1 aromatic carbocycles. The summed E-state index contributed by atoms with van der Waals surface area (Å²) >= 11 is 3.43. The Balaban J connectivity index is 1.79. The number of rotatable bonds is 5. The van der Waals surface area contributed by atoms with Crippen LogP contribution in [0.5, 0.6) is 11.5 Å². The second kappa shape index (κ2) is 7.56. The maximum atomic E-state index is 11.7. The smallest absolute Gasteiger partial charge is 0.337 e. The summed E-state index contributed by atoms with van der Waals surface area (Å²) in [7, 11) is 0. The fourth-order valence-electron chi connectivity index (χ4n) is 2.47. The van der Waals surface area contributed by atoms with Crippen molar-refractivity contribution in [3.05, 3.63) is 34.2 Å². The Morgan fingerprint density at radius 3 is 2.65 bits per heavy atom. The molecular weight excluding hydrogens is 360 g/mol. The van der Waals surface area contributed by atoms with E-state index in [1.54, 1.807) is 6.07 Å². The van der Waals surface area contributed by atoms with Crippen LogP contribution in [0.3, 0.4) is 0 Å². The van der Waals surface area contributed by atoms with Gasteiger partial charge in [0, 0.05) is 34.8 Å². The number of fused-ring (bicyclic) bond motifs is 2. The Labute approximate surface area is 142 Å². The van der Waals surface area contributed by atoms with Gasteiger partial charge in [-0.15, -0.1) is 0 Å². The molecule has 120 valence electrons. The van der Waals surface area contributed by atoms with Gasteiger partial charge < -0.3 is 13.9 Å². The van der Waals surface area contributed by atoms with E-state index >= 15 is 0 Å². The third kappa shape index (κ3) is 3.89. The van der Waals surface area contributed by atoms with Crippen molar-refractivity contribution in [3.63, 3.8) is 0 Å². The van der Waals surface area contributed by atoms with E-state index in [1.807, 2.05) is 6.07 Å².